The molecule has 3 aromatic heterocycles. The van der Waals surface area contributed by atoms with E-state index in [0.717, 1.165) is 53.9 Å². The molecule has 8 heteroatoms. The number of urea groups is 1. The molecule has 4 rings (SSSR count). The van der Waals surface area contributed by atoms with Gasteiger partial charge in [0.1, 0.15) is 11.2 Å². The SMILES string of the molecule is CC(C)n1cnc2c(-c3cnn(C)c3)nc(C3CCN(C(=O)N(C)C)CC3)cc21. The zero-order chi connectivity index (χ0) is 20.7. The van der Waals surface area contributed by atoms with Crippen LogP contribution in [0.4, 0.5) is 4.79 Å². The van der Waals surface area contributed by atoms with Crippen LogP contribution in [0, 0.1) is 0 Å². The number of piperidine rings is 1. The van der Waals surface area contributed by atoms with Gasteiger partial charge in [0, 0.05) is 63.6 Å². The first-order valence-corrected chi connectivity index (χ1v) is 10.2. The van der Waals surface area contributed by atoms with E-state index in [9.17, 15) is 4.79 Å². The molecule has 0 radical (unpaired) electrons. The van der Waals surface area contributed by atoms with Crippen molar-refractivity contribution >= 4 is 17.1 Å². The van der Waals surface area contributed by atoms with Gasteiger partial charge in [-0.2, -0.15) is 5.10 Å². The third-order valence-corrected chi connectivity index (χ3v) is 5.68. The second kappa shape index (κ2) is 7.50. The molecule has 0 aromatic carbocycles. The average Bonchev–Trinajstić information content (AvgIpc) is 3.33. The van der Waals surface area contributed by atoms with Crippen molar-refractivity contribution in [2.45, 2.75) is 38.6 Å². The lowest BCUT2D eigenvalue weighted by Crippen LogP contribution is -2.43. The summed E-state index contributed by atoms with van der Waals surface area (Å²) in [5.41, 5.74) is 4.97. The molecule has 29 heavy (non-hydrogen) atoms. The highest BCUT2D eigenvalue weighted by Crippen LogP contribution is 2.34. The number of carbonyl (C=O) groups is 1. The van der Waals surface area contributed by atoms with Crippen molar-refractivity contribution < 1.29 is 4.79 Å². The van der Waals surface area contributed by atoms with Gasteiger partial charge < -0.3 is 14.4 Å². The lowest BCUT2D eigenvalue weighted by atomic mass is 9.92. The largest absolute Gasteiger partial charge is 0.331 e. The van der Waals surface area contributed by atoms with Crippen LogP contribution in [0.5, 0.6) is 0 Å². The van der Waals surface area contributed by atoms with E-state index >= 15 is 0 Å². The Morgan fingerprint density at radius 3 is 2.55 bits per heavy atom. The van der Waals surface area contributed by atoms with Gasteiger partial charge in [-0.15, -0.1) is 0 Å². The third kappa shape index (κ3) is 3.59. The number of amides is 2. The van der Waals surface area contributed by atoms with Gasteiger partial charge in [0.05, 0.1) is 18.0 Å². The first kappa shape index (κ1) is 19.4. The minimum absolute atomic E-state index is 0.0841. The Hall–Kier alpha value is -2.90. The van der Waals surface area contributed by atoms with Gasteiger partial charge in [0.2, 0.25) is 0 Å². The Bertz CT molecular complexity index is 1030. The van der Waals surface area contributed by atoms with Gasteiger partial charge in [-0.1, -0.05) is 0 Å². The minimum Gasteiger partial charge on any atom is -0.331 e. The fraction of sp³-hybridized carbons (Fsp3) is 0.524. The maximum atomic E-state index is 12.3. The molecule has 8 nitrogen and oxygen atoms in total. The number of aryl methyl sites for hydroxylation is 1. The Balaban J connectivity index is 1.71. The van der Waals surface area contributed by atoms with Crippen LogP contribution in [-0.4, -0.2) is 67.3 Å². The smallest absolute Gasteiger partial charge is 0.319 e. The summed E-state index contributed by atoms with van der Waals surface area (Å²) in [7, 11) is 5.52. The zero-order valence-corrected chi connectivity index (χ0v) is 17.8. The fourth-order valence-corrected chi connectivity index (χ4v) is 4.07. The van der Waals surface area contributed by atoms with Gasteiger partial charge in [-0.05, 0) is 32.8 Å². The molecule has 1 aliphatic rings. The quantitative estimate of drug-likeness (QED) is 0.682. The molecule has 0 atom stereocenters. The maximum Gasteiger partial charge on any atom is 0.319 e. The summed E-state index contributed by atoms with van der Waals surface area (Å²) in [6.07, 6.45) is 7.57. The fourth-order valence-electron chi connectivity index (χ4n) is 4.07. The van der Waals surface area contributed by atoms with E-state index in [4.69, 9.17) is 4.98 Å². The van der Waals surface area contributed by atoms with Crippen molar-refractivity contribution in [3.05, 3.63) is 30.5 Å². The van der Waals surface area contributed by atoms with Gasteiger partial charge >= 0.3 is 6.03 Å². The first-order chi connectivity index (χ1) is 13.8. The molecule has 0 spiro atoms. The zero-order valence-electron chi connectivity index (χ0n) is 17.8. The molecule has 1 saturated heterocycles. The molecule has 0 bridgehead atoms. The second-order valence-corrected chi connectivity index (χ2v) is 8.35. The van der Waals surface area contributed by atoms with Gasteiger partial charge in [-0.3, -0.25) is 4.68 Å². The van der Waals surface area contributed by atoms with Crippen molar-refractivity contribution in [1.82, 2.24) is 34.1 Å². The number of hydrogen-bond acceptors (Lipinski definition) is 4. The predicted molar refractivity (Wildman–Crippen MR) is 113 cm³/mol. The summed E-state index contributed by atoms with van der Waals surface area (Å²) in [5.74, 6) is 0.330. The molecule has 0 N–H and O–H groups in total. The molecule has 1 aliphatic heterocycles. The summed E-state index contributed by atoms with van der Waals surface area (Å²) in [6.45, 7) is 5.84. The number of likely N-dealkylation sites (tertiary alicyclic amines) is 1. The minimum atomic E-state index is 0.0841. The summed E-state index contributed by atoms with van der Waals surface area (Å²) in [6, 6.07) is 2.59. The van der Waals surface area contributed by atoms with Gasteiger partial charge in [0.25, 0.3) is 0 Å². The van der Waals surface area contributed by atoms with E-state index in [1.807, 2.05) is 30.7 Å². The molecule has 0 unspecified atom stereocenters. The number of imidazole rings is 1. The van der Waals surface area contributed by atoms with Crippen LogP contribution < -0.4 is 0 Å². The maximum absolute atomic E-state index is 12.3. The van der Waals surface area contributed by atoms with Crippen LogP contribution in [0.25, 0.3) is 22.3 Å². The Morgan fingerprint density at radius 1 is 1.24 bits per heavy atom. The van der Waals surface area contributed by atoms with E-state index in [1.54, 1.807) is 23.7 Å². The number of nitrogens with zero attached hydrogens (tertiary/aromatic N) is 7. The van der Waals surface area contributed by atoms with Crippen molar-refractivity contribution in [2.75, 3.05) is 27.2 Å². The number of fused-ring (bicyclic) bond motifs is 1. The lowest BCUT2D eigenvalue weighted by molar-refractivity contribution is 0.156. The number of carbonyl (C=O) groups excluding carboxylic acids is 1. The second-order valence-electron chi connectivity index (χ2n) is 8.35. The summed E-state index contributed by atoms with van der Waals surface area (Å²) < 4.78 is 3.99. The highest BCUT2D eigenvalue weighted by molar-refractivity contribution is 5.90. The number of rotatable bonds is 3. The number of aromatic nitrogens is 5. The molecular formula is C21H29N7O. The van der Waals surface area contributed by atoms with Gasteiger partial charge in [0.15, 0.2) is 0 Å². The van der Waals surface area contributed by atoms with E-state index in [0.29, 0.717) is 12.0 Å². The molecule has 1 fully saturated rings. The van der Waals surface area contributed by atoms with E-state index in [2.05, 4.69) is 34.6 Å². The molecule has 4 heterocycles. The molecule has 154 valence electrons. The van der Waals surface area contributed by atoms with Crippen LogP contribution >= 0.6 is 0 Å². The number of hydrogen-bond donors (Lipinski definition) is 0. The van der Waals surface area contributed by atoms with E-state index in [1.165, 1.54) is 0 Å². The van der Waals surface area contributed by atoms with Crippen molar-refractivity contribution in [2.24, 2.45) is 7.05 Å². The molecule has 2 amide bonds. The predicted octanol–water partition coefficient (Wildman–Crippen LogP) is 3.27. The van der Waals surface area contributed by atoms with Crippen LogP contribution in [-0.2, 0) is 7.05 Å². The highest BCUT2D eigenvalue weighted by atomic mass is 16.2. The summed E-state index contributed by atoms with van der Waals surface area (Å²) in [4.78, 5) is 25.5. The third-order valence-electron chi connectivity index (χ3n) is 5.68. The van der Waals surface area contributed by atoms with E-state index < -0.39 is 0 Å². The normalized spacial score (nSPS) is 15.4. The van der Waals surface area contributed by atoms with Gasteiger partial charge in [-0.25, -0.2) is 14.8 Å². The number of pyridine rings is 1. The van der Waals surface area contributed by atoms with Crippen LogP contribution in [0.1, 0.15) is 44.3 Å². The molecular weight excluding hydrogens is 366 g/mol. The Kier molecular flexibility index (Phi) is 5.02. The van der Waals surface area contributed by atoms with Crippen LogP contribution in [0.15, 0.2) is 24.8 Å². The van der Waals surface area contributed by atoms with Crippen molar-refractivity contribution in [1.29, 1.82) is 0 Å². The Morgan fingerprint density at radius 2 is 1.97 bits per heavy atom. The van der Waals surface area contributed by atoms with Crippen molar-refractivity contribution in [3.63, 3.8) is 0 Å². The summed E-state index contributed by atoms with van der Waals surface area (Å²) >= 11 is 0. The first-order valence-electron chi connectivity index (χ1n) is 10.2. The lowest BCUT2D eigenvalue weighted by Gasteiger charge is -2.33. The van der Waals surface area contributed by atoms with Crippen molar-refractivity contribution in [3.8, 4) is 11.3 Å². The topological polar surface area (TPSA) is 72.1 Å². The standard InChI is InChI=1S/C21H29N7O/c1-14(2)28-13-22-20-18(28)10-17(24-19(20)16-11-23-26(5)12-16)15-6-8-27(9-7-15)21(29)25(3)4/h10-15H,6-9H2,1-5H3. The average molecular weight is 396 g/mol. The molecule has 0 saturated carbocycles. The monoisotopic (exact) mass is 395 g/mol. The van der Waals surface area contributed by atoms with Crippen LogP contribution in [0.2, 0.25) is 0 Å². The van der Waals surface area contributed by atoms with Crippen LogP contribution in [0.3, 0.4) is 0 Å². The molecule has 3 aromatic rings. The summed E-state index contributed by atoms with van der Waals surface area (Å²) in [5, 5.41) is 4.32. The van der Waals surface area contributed by atoms with E-state index in [-0.39, 0.29) is 6.03 Å². The Labute approximate surface area is 171 Å². The highest BCUT2D eigenvalue weighted by Gasteiger charge is 2.27. The molecule has 0 aliphatic carbocycles.